The molecule has 4 saturated carbocycles. The van der Waals surface area contributed by atoms with Crippen molar-refractivity contribution in [2.75, 3.05) is 40.4 Å². The largest absolute Gasteiger partial charge is 0.372 e. The molecule has 0 unspecified atom stereocenters. The van der Waals surface area contributed by atoms with Crippen molar-refractivity contribution >= 4 is 0 Å². The molecule has 0 saturated heterocycles. The summed E-state index contributed by atoms with van der Waals surface area (Å²) in [4.78, 5) is 0. The number of rotatable bonds is 8. The second-order valence-electron chi connectivity index (χ2n) is 13.3. The Morgan fingerprint density at radius 3 is 1.34 bits per heavy atom. The molecule has 0 radical (unpaired) electrons. The third kappa shape index (κ3) is 3.24. The molecule has 4 rings (SSSR count). The predicted octanol–water partition coefficient (Wildman–Crippen LogP) is 5.53. The van der Waals surface area contributed by atoms with Crippen LogP contribution in [-0.4, -0.2) is 57.1 Å². The molecule has 0 amide bonds. The van der Waals surface area contributed by atoms with Crippen LogP contribution in [0.15, 0.2) is 0 Å². The van der Waals surface area contributed by atoms with Gasteiger partial charge in [0.1, 0.15) is 13.1 Å². The molecule has 3 heteroatoms. The lowest BCUT2D eigenvalue weighted by Gasteiger charge is -2.40. The molecule has 0 N–H and O–H groups in total. The molecule has 0 spiro atoms. The molecule has 3 nitrogen and oxygen atoms in total. The van der Waals surface area contributed by atoms with E-state index in [4.69, 9.17) is 9.47 Å². The minimum atomic E-state index is 0.377. The van der Waals surface area contributed by atoms with Crippen molar-refractivity contribution in [3.63, 3.8) is 0 Å². The molecule has 4 bridgehead atoms. The van der Waals surface area contributed by atoms with Crippen LogP contribution in [0.5, 0.6) is 0 Å². The van der Waals surface area contributed by atoms with Crippen LogP contribution in [0.2, 0.25) is 0 Å². The van der Waals surface area contributed by atoms with E-state index in [1.807, 2.05) is 0 Å². The molecule has 0 aromatic carbocycles. The zero-order chi connectivity index (χ0) is 21.3. The fourth-order valence-electron chi connectivity index (χ4n) is 7.76. The Labute approximate surface area is 180 Å². The van der Waals surface area contributed by atoms with Crippen LogP contribution in [0.25, 0.3) is 0 Å². The molecule has 0 heterocycles. The van der Waals surface area contributed by atoms with Gasteiger partial charge in [-0.3, -0.25) is 0 Å². The Morgan fingerprint density at radius 1 is 0.690 bits per heavy atom. The van der Waals surface area contributed by atoms with Gasteiger partial charge in [0.15, 0.2) is 0 Å². The van der Waals surface area contributed by atoms with E-state index in [9.17, 15) is 0 Å². The summed E-state index contributed by atoms with van der Waals surface area (Å²) in [6.07, 6.45) is 8.97. The van der Waals surface area contributed by atoms with E-state index in [0.717, 1.165) is 42.6 Å². The van der Waals surface area contributed by atoms with E-state index in [2.05, 4.69) is 55.6 Å². The van der Waals surface area contributed by atoms with Crippen LogP contribution in [0.4, 0.5) is 0 Å². The molecule has 168 valence electrons. The van der Waals surface area contributed by atoms with Gasteiger partial charge in [0.25, 0.3) is 0 Å². The molecule has 0 aromatic heterocycles. The van der Waals surface area contributed by atoms with Gasteiger partial charge in [-0.1, -0.05) is 41.5 Å². The third-order valence-electron chi connectivity index (χ3n) is 11.5. The first-order valence-corrected chi connectivity index (χ1v) is 12.4. The summed E-state index contributed by atoms with van der Waals surface area (Å²) < 4.78 is 14.0. The fraction of sp³-hybridized carbons (Fsp3) is 1.00. The van der Waals surface area contributed by atoms with Crippen LogP contribution in [-0.2, 0) is 9.47 Å². The lowest BCUT2D eigenvalue weighted by atomic mass is 9.70. The van der Waals surface area contributed by atoms with Crippen LogP contribution >= 0.6 is 0 Å². The molecule has 4 aliphatic carbocycles. The summed E-state index contributed by atoms with van der Waals surface area (Å²) in [7, 11) is 4.68. The van der Waals surface area contributed by atoms with Gasteiger partial charge >= 0.3 is 0 Å². The van der Waals surface area contributed by atoms with Crippen molar-refractivity contribution in [3.05, 3.63) is 0 Å². The summed E-state index contributed by atoms with van der Waals surface area (Å²) in [6, 6.07) is 0. The van der Waals surface area contributed by atoms with Crippen LogP contribution in [0, 0.1) is 33.5 Å². The predicted molar refractivity (Wildman–Crippen MR) is 120 cm³/mol. The van der Waals surface area contributed by atoms with Crippen molar-refractivity contribution in [1.82, 2.24) is 0 Å². The lowest BCUT2D eigenvalue weighted by molar-refractivity contribution is -0.891. The zero-order valence-corrected chi connectivity index (χ0v) is 20.6. The molecule has 0 aliphatic heterocycles. The van der Waals surface area contributed by atoms with E-state index in [1.54, 1.807) is 0 Å². The highest BCUT2D eigenvalue weighted by Crippen LogP contribution is 2.67. The van der Waals surface area contributed by atoms with Crippen LogP contribution in [0.3, 0.4) is 0 Å². The smallest absolute Gasteiger partial charge is 0.102 e. The molecular formula is C26H48NO2+. The maximum Gasteiger partial charge on any atom is 0.102 e. The summed E-state index contributed by atoms with van der Waals surface area (Å²) in [5, 5.41) is 0. The fourth-order valence-corrected chi connectivity index (χ4v) is 7.76. The number of hydrogen-bond acceptors (Lipinski definition) is 2. The first-order chi connectivity index (χ1) is 13.3. The minimum Gasteiger partial charge on any atom is -0.372 e. The van der Waals surface area contributed by atoms with Gasteiger partial charge in [0, 0.05) is 0 Å². The summed E-state index contributed by atoms with van der Waals surface area (Å²) in [6.45, 7) is 18.8. The second-order valence-corrected chi connectivity index (χ2v) is 13.3. The lowest BCUT2D eigenvalue weighted by Crippen LogP contribution is -2.47. The van der Waals surface area contributed by atoms with Crippen molar-refractivity contribution in [3.8, 4) is 0 Å². The molecule has 4 fully saturated rings. The molecular weight excluding hydrogens is 358 g/mol. The maximum absolute atomic E-state index is 6.52. The first-order valence-electron chi connectivity index (χ1n) is 12.4. The Kier molecular flexibility index (Phi) is 5.28. The Morgan fingerprint density at radius 2 is 1.07 bits per heavy atom. The molecule has 29 heavy (non-hydrogen) atoms. The van der Waals surface area contributed by atoms with Gasteiger partial charge in [-0.15, -0.1) is 0 Å². The molecule has 0 aromatic rings. The Balaban J connectivity index is 1.21. The van der Waals surface area contributed by atoms with Crippen LogP contribution < -0.4 is 0 Å². The number of fused-ring (bicyclic) bond motifs is 4. The average Bonchev–Trinajstić information content (AvgIpc) is 3.13. The topological polar surface area (TPSA) is 18.5 Å². The number of nitrogens with zero attached hydrogens (tertiary/aromatic N) is 1. The van der Waals surface area contributed by atoms with E-state index in [0.29, 0.717) is 33.9 Å². The van der Waals surface area contributed by atoms with Crippen molar-refractivity contribution in [1.29, 1.82) is 0 Å². The zero-order valence-electron chi connectivity index (χ0n) is 20.6. The standard InChI is InChI=1S/C26H48NO2/c1-23(2)19-9-11-25(23,5)21(17-19)28-15-13-27(7,8)14-16-29-22-18-20-10-12-26(22,6)24(20,3)4/h19-22H,9-18H2,1-8H3/q+1/t19-,20+,21-,22-,25-,26+/m1/s1. The van der Waals surface area contributed by atoms with Crippen molar-refractivity contribution < 1.29 is 14.0 Å². The van der Waals surface area contributed by atoms with Crippen molar-refractivity contribution in [2.24, 2.45) is 33.5 Å². The minimum absolute atomic E-state index is 0.377. The number of quaternary nitrogens is 1. The van der Waals surface area contributed by atoms with Gasteiger partial charge in [-0.05, 0) is 72.0 Å². The normalized spacial score (nSPS) is 44.7. The van der Waals surface area contributed by atoms with Gasteiger partial charge in [-0.25, -0.2) is 0 Å². The summed E-state index contributed by atoms with van der Waals surface area (Å²) >= 11 is 0. The molecule has 6 atom stereocenters. The summed E-state index contributed by atoms with van der Waals surface area (Å²) in [5.74, 6) is 1.72. The second kappa shape index (κ2) is 6.94. The van der Waals surface area contributed by atoms with E-state index in [-0.39, 0.29) is 0 Å². The summed E-state index contributed by atoms with van der Waals surface area (Å²) in [5.41, 5.74) is 1.64. The van der Waals surface area contributed by atoms with Crippen LogP contribution in [0.1, 0.15) is 80.1 Å². The highest BCUT2D eigenvalue weighted by atomic mass is 16.5. The molecule has 4 aliphatic rings. The van der Waals surface area contributed by atoms with E-state index >= 15 is 0 Å². The van der Waals surface area contributed by atoms with E-state index in [1.165, 1.54) is 38.5 Å². The first kappa shape index (κ1) is 22.1. The average molecular weight is 407 g/mol. The highest BCUT2D eigenvalue weighted by molar-refractivity contribution is 5.12. The van der Waals surface area contributed by atoms with Gasteiger partial charge < -0.3 is 14.0 Å². The highest BCUT2D eigenvalue weighted by Gasteiger charge is 2.62. The SMILES string of the molecule is CC1(C)[C@H]2CC[C@@]1(C)[C@H](OCC[N+](C)(C)CCO[C@@H]1C[C@H]3CC[C@@]1(C)C3(C)C)C2. The Bertz CT molecular complexity index is 574. The number of ether oxygens (including phenoxy) is 2. The Hall–Kier alpha value is -0.120. The van der Waals surface area contributed by atoms with E-state index < -0.39 is 0 Å². The van der Waals surface area contributed by atoms with Gasteiger partial charge in [-0.2, -0.15) is 0 Å². The number of hydrogen-bond donors (Lipinski definition) is 0. The number of likely N-dealkylation sites (N-methyl/N-ethyl adjacent to an activating group) is 1. The van der Waals surface area contributed by atoms with Crippen molar-refractivity contribution in [2.45, 2.75) is 92.3 Å². The quantitative estimate of drug-likeness (QED) is 0.494. The maximum atomic E-state index is 6.52. The monoisotopic (exact) mass is 406 g/mol. The van der Waals surface area contributed by atoms with Gasteiger partial charge in [0.2, 0.25) is 0 Å². The third-order valence-corrected chi connectivity index (χ3v) is 11.5. The van der Waals surface area contributed by atoms with Gasteiger partial charge in [0.05, 0.1) is 39.5 Å².